The zero-order valence-corrected chi connectivity index (χ0v) is 11.8. The minimum atomic E-state index is 0.968. The Balaban J connectivity index is 1.90. The summed E-state index contributed by atoms with van der Waals surface area (Å²) in [5.41, 5.74) is 5.23. The van der Waals surface area contributed by atoms with Crippen LogP contribution in [0.2, 0.25) is 0 Å². The number of aromatic nitrogens is 3. The smallest absolute Gasteiger partial charge is 0.111 e. The number of para-hydroxylation sites is 2. The van der Waals surface area contributed by atoms with Crippen molar-refractivity contribution in [3.63, 3.8) is 0 Å². The summed E-state index contributed by atoms with van der Waals surface area (Å²) in [6.07, 6.45) is 1.98. The SMILES string of the molecule is c1ccc2[nH]c(-c3nc4ccccc4c4cc[nH]c34)cc2c1. The topological polar surface area (TPSA) is 44.5 Å². The molecule has 0 unspecified atom stereocenters. The van der Waals surface area contributed by atoms with Crippen molar-refractivity contribution in [1.82, 2.24) is 15.0 Å². The van der Waals surface area contributed by atoms with Gasteiger partial charge in [-0.1, -0.05) is 36.4 Å². The van der Waals surface area contributed by atoms with Crippen LogP contribution in [0.1, 0.15) is 0 Å². The van der Waals surface area contributed by atoms with Crippen LogP contribution in [0.25, 0.3) is 44.1 Å². The van der Waals surface area contributed by atoms with Crippen LogP contribution in [0.5, 0.6) is 0 Å². The van der Waals surface area contributed by atoms with Crippen LogP contribution in [0.3, 0.4) is 0 Å². The predicted molar refractivity (Wildman–Crippen MR) is 90.9 cm³/mol. The fourth-order valence-electron chi connectivity index (χ4n) is 3.16. The van der Waals surface area contributed by atoms with Gasteiger partial charge in [-0.05, 0) is 24.3 Å². The normalized spacial score (nSPS) is 11.6. The molecule has 3 heteroatoms. The fourth-order valence-corrected chi connectivity index (χ4v) is 3.16. The Bertz CT molecular complexity index is 1100. The van der Waals surface area contributed by atoms with Gasteiger partial charge >= 0.3 is 0 Å². The van der Waals surface area contributed by atoms with E-state index in [9.17, 15) is 0 Å². The van der Waals surface area contributed by atoms with Crippen molar-refractivity contribution in [3.05, 3.63) is 66.9 Å². The molecule has 0 spiro atoms. The summed E-state index contributed by atoms with van der Waals surface area (Å²) in [7, 11) is 0. The molecule has 0 amide bonds. The third-order valence-corrected chi connectivity index (χ3v) is 4.20. The number of nitrogens with zero attached hydrogens (tertiary/aromatic N) is 1. The molecular weight excluding hydrogens is 270 g/mol. The van der Waals surface area contributed by atoms with Gasteiger partial charge in [-0.15, -0.1) is 0 Å². The van der Waals surface area contributed by atoms with Crippen LogP contribution in [-0.4, -0.2) is 15.0 Å². The van der Waals surface area contributed by atoms with E-state index in [1.807, 2.05) is 18.3 Å². The largest absolute Gasteiger partial charge is 0.359 e. The molecule has 0 fully saturated rings. The Morgan fingerprint density at radius 3 is 2.64 bits per heavy atom. The Hall–Kier alpha value is -3.07. The summed E-state index contributed by atoms with van der Waals surface area (Å²) >= 11 is 0. The Labute approximate surface area is 126 Å². The molecule has 0 aliphatic rings. The van der Waals surface area contributed by atoms with Gasteiger partial charge in [0.25, 0.3) is 0 Å². The number of pyridine rings is 1. The van der Waals surface area contributed by atoms with Gasteiger partial charge in [0.1, 0.15) is 5.69 Å². The summed E-state index contributed by atoms with van der Waals surface area (Å²) in [4.78, 5) is 11.7. The lowest BCUT2D eigenvalue weighted by molar-refractivity contribution is 1.34. The van der Waals surface area contributed by atoms with Gasteiger partial charge in [0.15, 0.2) is 0 Å². The minimum Gasteiger partial charge on any atom is -0.359 e. The van der Waals surface area contributed by atoms with E-state index in [4.69, 9.17) is 4.98 Å². The summed E-state index contributed by atoms with van der Waals surface area (Å²) in [6.45, 7) is 0. The van der Waals surface area contributed by atoms with E-state index in [1.54, 1.807) is 0 Å². The number of H-pyrrole nitrogens is 2. The summed E-state index contributed by atoms with van der Waals surface area (Å²) in [5.74, 6) is 0. The first-order chi connectivity index (χ1) is 10.9. The van der Waals surface area contributed by atoms with Crippen LogP contribution in [0, 0.1) is 0 Å². The monoisotopic (exact) mass is 283 g/mol. The standard InChI is InChI=1S/C19H13N3/c1-3-7-15-12(5-1)11-17(21-15)19-18-14(9-10-20-18)13-6-2-4-8-16(13)22-19/h1-11,20-21H. The molecule has 0 atom stereocenters. The van der Waals surface area contributed by atoms with Crippen LogP contribution in [-0.2, 0) is 0 Å². The highest BCUT2D eigenvalue weighted by Gasteiger charge is 2.12. The molecule has 0 saturated carbocycles. The van der Waals surface area contributed by atoms with Gasteiger partial charge in [-0.3, -0.25) is 0 Å². The highest BCUT2D eigenvalue weighted by Crippen LogP contribution is 2.32. The quantitative estimate of drug-likeness (QED) is 0.453. The molecule has 3 heterocycles. The molecule has 0 radical (unpaired) electrons. The second-order valence-corrected chi connectivity index (χ2v) is 5.51. The van der Waals surface area contributed by atoms with Crippen LogP contribution in [0.15, 0.2) is 66.9 Å². The second-order valence-electron chi connectivity index (χ2n) is 5.51. The predicted octanol–water partition coefficient (Wildman–Crippen LogP) is 4.86. The van der Waals surface area contributed by atoms with E-state index < -0.39 is 0 Å². The number of hydrogen-bond donors (Lipinski definition) is 2. The molecule has 2 aromatic carbocycles. The van der Waals surface area contributed by atoms with Crippen LogP contribution >= 0.6 is 0 Å². The maximum atomic E-state index is 4.88. The zero-order chi connectivity index (χ0) is 14.5. The molecule has 0 aliphatic heterocycles. The third kappa shape index (κ3) is 1.53. The van der Waals surface area contributed by atoms with E-state index in [2.05, 4.69) is 58.5 Å². The Morgan fingerprint density at radius 2 is 1.68 bits per heavy atom. The highest BCUT2D eigenvalue weighted by molar-refractivity contribution is 6.09. The van der Waals surface area contributed by atoms with Gasteiger partial charge in [0.05, 0.1) is 16.7 Å². The molecule has 2 N–H and O–H groups in total. The number of rotatable bonds is 1. The molecular formula is C19H13N3. The van der Waals surface area contributed by atoms with Gasteiger partial charge in [0.2, 0.25) is 0 Å². The van der Waals surface area contributed by atoms with Crippen molar-refractivity contribution in [3.8, 4) is 11.4 Å². The molecule has 104 valence electrons. The summed E-state index contributed by atoms with van der Waals surface area (Å²) in [6, 6.07) is 20.8. The minimum absolute atomic E-state index is 0.968. The number of hydrogen-bond acceptors (Lipinski definition) is 1. The number of nitrogens with one attached hydrogen (secondary N) is 2. The Kier molecular flexibility index (Phi) is 2.22. The van der Waals surface area contributed by atoms with Crippen LogP contribution < -0.4 is 0 Å². The van der Waals surface area contributed by atoms with E-state index in [1.165, 1.54) is 16.2 Å². The average molecular weight is 283 g/mol. The van der Waals surface area contributed by atoms with Crippen molar-refractivity contribution >= 4 is 32.7 Å². The summed E-state index contributed by atoms with van der Waals surface area (Å²) < 4.78 is 0. The van der Waals surface area contributed by atoms with E-state index in [0.717, 1.165) is 27.9 Å². The van der Waals surface area contributed by atoms with Crippen molar-refractivity contribution in [2.75, 3.05) is 0 Å². The Morgan fingerprint density at radius 1 is 0.818 bits per heavy atom. The van der Waals surface area contributed by atoms with Crippen molar-refractivity contribution < 1.29 is 0 Å². The molecule has 3 aromatic heterocycles. The maximum absolute atomic E-state index is 4.88. The zero-order valence-electron chi connectivity index (χ0n) is 11.8. The van der Waals surface area contributed by atoms with E-state index in [-0.39, 0.29) is 0 Å². The molecule has 5 aromatic rings. The first-order valence-corrected chi connectivity index (χ1v) is 7.34. The molecule has 5 rings (SSSR count). The molecule has 0 aliphatic carbocycles. The molecule has 22 heavy (non-hydrogen) atoms. The number of fused-ring (bicyclic) bond motifs is 4. The second kappa shape index (κ2) is 4.21. The first-order valence-electron chi connectivity index (χ1n) is 7.34. The van der Waals surface area contributed by atoms with Gasteiger partial charge in [0, 0.05) is 27.9 Å². The maximum Gasteiger partial charge on any atom is 0.111 e. The fraction of sp³-hybridized carbons (Fsp3) is 0. The van der Waals surface area contributed by atoms with Gasteiger partial charge < -0.3 is 9.97 Å². The van der Waals surface area contributed by atoms with Gasteiger partial charge in [-0.25, -0.2) is 4.98 Å². The number of aromatic amines is 2. The lowest BCUT2D eigenvalue weighted by Gasteiger charge is -2.04. The molecule has 0 saturated heterocycles. The van der Waals surface area contributed by atoms with Crippen LogP contribution in [0.4, 0.5) is 0 Å². The lowest BCUT2D eigenvalue weighted by Crippen LogP contribution is -1.88. The van der Waals surface area contributed by atoms with E-state index >= 15 is 0 Å². The van der Waals surface area contributed by atoms with Crippen molar-refractivity contribution in [1.29, 1.82) is 0 Å². The summed E-state index contributed by atoms with van der Waals surface area (Å²) in [5, 5.41) is 3.59. The highest BCUT2D eigenvalue weighted by atomic mass is 14.8. The average Bonchev–Trinajstić information content (AvgIpc) is 3.21. The van der Waals surface area contributed by atoms with E-state index in [0.29, 0.717) is 0 Å². The van der Waals surface area contributed by atoms with Crippen molar-refractivity contribution in [2.45, 2.75) is 0 Å². The van der Waals surface area contributed by atoms with Gasteiger partial charge in [-0.2, -0.15) is 0 Å². The molecule has 0 bridgehead atoms. The lowest BCUT2D eigenvalue weighted by atomic mass is 10.1. The van der Waals surface area contributed by atoms with Crippen molar-refractivity contribution in [2.24, 2.45) is 0 Å². The third-order valence-electron chi connectivity index (χ3n) is 4.20. The number of benzene rings is 2. The molecule has 3 nitrogen and oxygen atoms in total. The first kappa shape index (κ1) is 11.6.